The first-order valence-electron chi connectivity index (χ1n) is 7.38. The summed E-state index contributed by atoms with van der Waals surface area (Å²) in [6, 6.07) is 2.32. The highest BCUT2D eigenvalue weighted by molar-refractivity contribution is 5.02. The van der Waals surface area contributed by atoms with E-state index in [1.165, 1.54) is 32.1 Å². The molecule has 0 radical (unpaired) electrons. The van der Waals surface area contributed by atoms with Gasteiger partial charge in [0.05, 0.1) is 6.07 Å². The lowest BCUT2D eigenvalue weighted by molar-refractivity contribution is 0.0819. The minimum Gasteiger partial charge on any atom is -0.381 e. The van der Waals surface area contributed by atoms with Crippen LogP contribution >= 0.6 is 0 Å². The third-order valence-electron chi connectivity index (χ3n) is 4.09. The van der Waals surface area contributed by atoms with Crippen molar-refractivity contribution in [2.24, 2.45) is 5.92 Å². The van der Waals surface area contributed by atoms with Crippen LogP contribution in [0.25, 0.3) is 0 Å². The van der Waals surface area contributed by atoms with Gasteiger partial charge in [0, 0.05) is 13.2 Å². The Hall–Kier alpha value is -0.590. The molecular formula is C15H28N2O. The molecule has 104 valence electrons. The number of rotatable bonds is 8. The van der Waals surface area contributed by atoms with Crippen molar-refractivity contribution in [3.63, 3.8) is 0 Å². The van der Waals surface area contributed by atoms with Crippen LogP contribution in [0.15, 0.2) is 0 Å². The van der Waals surface area contributed by atoms with Gasteiger partial charge in [0.25, 0.3) is 0 Å². The molecule has 18 heavy (non-hydrogen) atoms. The number of nitrogens with zero attached hydrogens (tertiary/aromatic N) is 1. The Morgan fingerprint density at radius 2 is 2.00 bits per heavy atom. The van der Waals surface area contributed by atoms with Crippen LogP contribution in [0.2, 0.25) is 0 Å². The zero-order chi connectivity index (χ0) is 13.3. The normalized spacial score (nSPS) is 20.3. The van der Waals surface area contributed by atoms with E-state index in [4.69, 9.17) is 10.00 Å². The molecular weight excluding hydrogens is 224 g/mol. The maximum absolute atomic E-state index is 9.01. The first-order chi connectivity index (χ1) is 8.70. The first-order valence-corrected chi connectivity index (χ1v) is 7.38. The number of ether oxygens (including phenoxy) is 1. The van der Waals surface area contributed by atoms with Crippen molar-refractivity contribution in [3.05, 3.63) is 0 Å². The fourth-order valence-corrected chi connectivity index (χ4v) is 2.52. The molecule has 0 aromatic rings. The smallest absolute Gasteiger partial charge is 0.103 e. The molecule has 3 nitrogen and oxygen atoms in total. The van der Waals surface area contributed by atoms with Crippen LogP contribution in [0.4, 0.5) is 0 Å². The molecule has 1 aliphatic carbocycles. The van der Waals surface area contributed by atoms with E-state index >= 15 is 0 Å². The quantitative estimate of drug-likeness (QED) is 0.674. The van der Waals surface area contributed by atoms with E-state index < -0.39 is 0 Å². The summed E-state index contributed by atoms with van der Waals surface area (Å²) in [6.45, 7) is 3.75. The van der Waals surface area contributed by atoms with Crippen molar-refractivity contribution in [2.75, 3.05) is 20.3 Å². The molecule has 0 aromatic carbocycles. The third-order valence-corrected chi connectivity index (χ3v) is 4.09. The van der Waals surface area contributed by atoms with Crippen molar-refractivity contribution in [2.45, 2.75) is 63.8 Å². The van der Waals surface area contributed by atoms with Gasteiger partial charge in [-0.2, -0.15) is 5.26 Å². The van der Waals surface area contributed by atoms with Crippen LogP contribution in [0.1, 0.15) is 58.3 Å². The Balaban J connectivity index is 1.97. The number of hydrogen-bond acceptors (Lipinski definition) is 3. The summed E-state index contributed by atoms with van der Waals surface area (Å²) in [5.41, 5.74) is -0.372. The second-order valence-corrected chi connectivity index (χ2v) is 5.73. The summed E-state index contributed by atoms with van der Waals surface area (Å²) in [6.07, 6.45) is 9.90. The highest BCUT2D eigenvalue weighted by Gasteiger charge is 2.19. The molecule has 0 saturated heterocycles. The van der Waals surface area contributed by atoms with Crippen LogP contribution < -0.4 is 5.32 Å². The Labute approximate surface area is 112 Å². The summed E-state index contributed by atoms with van der Waals surface area (Å²) in [4.78, 5) is 0. The topological polar surface area (TPSA) is 45.0 Å². The Morgan fingerprint density at radius 1 is 1.28 bits per heavy atom. The predicted molar refractivity (Wildman–Crippen MR) is 74.3 cm³/mol. The summed E-state index contributed by atoms with van der Waals surface area (Å²) in [7, 11) is 1.85. The van der Waals surface area contributed by atoms with Crippen molar-refractivity contribution < 1.29 is 4.74 Å². The Bertz CT molecular complexity index is 256. The van der Waals surface area contributed by atoms with Gasteiger partial charge in [-0.3, -0.25) is 0 Å². The highest BCUT2D eigenvalue weighted by atomic mass is 16.5. The largest absolute Gasteiger partial charge is 0.381 e. The molecule has 1 rings (SSSR count). The lowest BCUT2D eigenvalue weighted by atomic mass is 9.90. The van der Waals surface area contributed by atoms with E-state index in [2.05, 4.69) is 11.4 Å². The zero-order valence-corrected chi connectivity index (χ0v) is 12.0. The van der Waals surface area contributed by atoms with Crippen molar-refractivity contribution in [3.8, 4) is 6.07 Å². The molecule has 0 amide bonds. The zero-order valence-electron chi connectivity index (χ0n) is 12.0. The van der Waals surface area contributed by atoms with E-state index in [1.54, 1.807) is 0 Å². The highest BCUT2D eigenvalue weighted by Crippen LogP contribution is 2.23. The maximum atomic E-state index is 9.01. The average Bonchev–Trinajstić information content (AvgIpc) is 2.43. The number of hydrogen-bond donors (Lipinski definition) is 1. The molecule has 0 bridgehead atoms. The molecule has 3 heteroatoms. The molecule has 1 N–H and O–H groups in total. The van der Waals surface area contributed by atoms with Gasteiger partial charge >= 0.3 is 0 Å². The van der Waals surface area contributed by atoms with Crippen LogP contribution in [-0.4, -0.2) is 25.8 Å². The second kappa shape index (κ2) is 8.50. The lowest BCUT2D eigenvalue weighted by Crippen LogP contribution is -2.37. The summed E-state index contributed by atoms with van der Waals surface area (Å²) in [5, 5.41) is 12.1. The van der Waals surface area contributed by atoms with Gasteiger partial charge in [0.1, 0.15) is 5.54 Å². The van der Waals surface area contributed by atoms with E-state index in [-0.39, 0.29) is 5.54 Å². The van der Waals surface area contributed by atoms with Gasteiger partial charge in [0.2, 0.25) is 0 Å². The summed E-state index contributed by atoms with van der Waals surface area (Å²) >= 11 is 0. The van der Waals surface area contributed by atoms with Gasteiger partial charge in [0.15, 0.2) is 0 Å². The Morgan fingerprint density at radius 3 is 2.61 bits per heavy atom. The van der Waals surface area contributed by atoms with Gasteiger partial charge in [-0.05, 0) is 52.0 Å². The molecule has 1 aliphatic rings. The molecule has 0 spiro atoms. The second-order valence-electron chi connectivity index (χ2n) is 5.73. The minimum absolute atomic E-state index is 0.372. The van der Waals surface area contributed by atoms with Crippen molar-refractivity contribution in [1.82, 2.24) is 5.32 Å². The van der Waals surface area contributed by atoms with Crippen molar-refractivity contribution in [1.29, 1.82) is 5.26 Å². The fraction of sp³-hybridized carbons (Fsp3) is 0.933. The van der Waals surface area contributed by atoms with E-state index in [0.29, 0.717) is 0 Å². The molecule has 0 aromatic heterocycles. The first kappa shape index (κ1) is 15.5. The van der Waals surface area contributed by atoms with Gasteiger partial charge in [-0.15, -0.1) is 0 Å². The molecule has 0 aliphatic heterocycles. The molecule has 1 atom stereocenters. The lowest BCUT2D eigenvalue weighted by Gasteiger charge is -2.22. The molecule has 1 unspecified atom stereocenters. The van der Waals surface area contributed by atoms with Crippen LogP contribution in [0.3, 0.4) is 0 Å². The number of nitriles is 1. The predicted octanol–water partition coefficient (Wildman–Crippen LogP) is 3.26. The number of nitrogens with one attached hydrogen (secondary N) is 1. The van der Waals surface area contributed by atoms with Gasteiger partial charge in [-0.1, -0.05) is 19.3 Å². The molecule has 1 saturated carbocycles. The SMILES string of the molecule is CNC(C)(C#N)CCCCOCC1CCCCC1. The third kappa shape index (κ3) is 5.84. The van der Waals surface area contributed by atoms with Gasteiger partial charge in [-0.25, -0.2) is 0 Å². The minimum atomic E-state index is -0.372. The standard InChI is InChI=1S/C15H28N2O/c1-15(13-16,17-2)10-6-7-11-18-12-14-8-4-3-5-9-14/h14,17H,3-12H2,1-2H3. The van der Waals surface area contributed by atoms with E-state index in [1.807, 2.05) is 14.0 Å². The van der Waals surface area contributed by atoms with E-state index in [9.17, 15) is 0 Å². The van der Waals surface area contributed by atoms with Crippen LogP contribution in [-0.2, 0) is 4.74 Å². The monoisotopic (exact) mass is 252 g/mol. The molecule has 1 fully saturated rings. The maximum Gasteiger partial charge on any atom is 0.103 e. The number of unbranched alkanes of at least 4 members (excludes halogenated alkanes) is 1. The summed E-state index contributed by atoms with van der Waals surface area (Å²) < 4.78 is 5.75. The summed E-state index contributed by atoms with van der Waals surface area (Å²) in [5.74, 6) is 0.806. The van der Waals surface area contributed by atoms with Gasteiger partial charge < -0.3 is 10.1 Å². The Kier molecular flexibility index (Phi) is 7.31. The fourth-order valence-electron chi connectivity index (χ4n) is 2.52. The molecule has 0 heterocycles. The van der Waals surface area contributed by atoms with E-state index in [0.717, 1.165) is 38.4 Å². The average molecular weight is 252 g/mol. The van der Waals surface area contributed by atoms with Crippen LogP contribution in [0.5, 0.6) is 0 Å². The van der Waals surface area contributed by atoms with Crippen molar-refractivity contribution >= 4 is 0 Å². The van der Waals surface area contributed by atoms with Crippen LogP contribution in [0, 0.1) is 17.2 Å².